The van der Waals surface area contributed by atoms with Crippen molar-refractivity contribution in [2.24, 2.45) is 11.7 Å². The zero-order valence-electron chi connectivity index (χ0n) is 7.90. The van der Waals surface area contributed by atoms with E-state index in [1.807, 2.05) is 22.7 Å². The third-order valence-electron chi connectivity index (χ3n) is 2.81. The Bertz CT molecular complexity index is 410. The molecule has 0 amide bonds. The van der Waals surface area contributed by atoms with Gasteiger partial charge in [0.15, 0.2) is 0 Å². The van der Waals surface area contributed by atoms with E-state index in [-0.39, 0.29) is 6.04 Å². The van der Waals surface area contributed by atoms with E-state index >= 15 is 0 Å². The van der Waals surface area contributed by atoms with Crippen LogP contribution in [-0.4, -0.2) is 0 Å². The van der Waals surface area contributed by atoms with Gasteiger partial charge in [-0.05, 0) is 29.9 Å². The molecule has 2 N–H and O–H groups in total. The fourth-order valence-corrected chi connectivity index (χ4v) is 3.93. The van der Waals surface area contributed by atoms with E-state index in [0.29, 0.717) is 0 Å². The Morgan fingerprint density at radius 3 is 3.00 bits per heavy atom. The van der Waals surface area contributed by atoms with Gasteiger partial charge in [0.2, 0.25) is 0 Å². The molecule has 14 heavy (non-hydrogen) atoms. The highest BCUT2D eigenvalue weighted by Gasteiger charge is 2.25. The molecule has 2 heterocycles. The van der Waals surface area contributed by atoms with Crippen LogP contribution in [0, 0.1) is 5.92 Å². The van der Waals surface area contributed by atoms with Crippen LogP contribution in [0.4, 0.5) is 0 Å². The van der Waals surface area contributed by atoms with Gasteiger partial charge in [0.25, 0.3) is 0 Å². The fraction of sp³-hybridized carbons (Fsp3) is 0.455. The largest absolute Gasteiger partial charge is 0.323 e. The van der Waals surface area contributed by atoms with Gasteiger partial charge in [-0.2, -0.15) is 0 Å². The minimum absolute atomic E-state index is 0.284. The first-order chi connectivity index (χ1) is 6.83. The molecule has 1 saturated carbocycles. The van der Waals surface area contributed by atoms with Crippen molar-refractivity contribution in [3.05, 3.63) is 22.4 Å². The van der Waals surface area contributed by atoms with Gasteiger partial charge in [-0.3, -0.25) is 0 Å². The minimum Gasteiger partial charge on any atom is -0.323 e. The van der Waals surface area contributed by atoms with E-state index in [1.54, 1.807) is 0 Å². The molecule has 0 spiro atoms. The summed E-state index contributed by atoms with van der Waals surface area (Å²) in [7, 11) is 0. The maximum Gasteiger partial charge on any atom is 0.0454 e. The maximum absolute atomic E-state index is 6.17. The first-order valence-electron chi connectivity index (χ1n) is 5.05. The number of hydrogen-bond donors (Lipinski definition) is 1. The third kappa shape index (κ3) is 1.60. The lowest BCUT2D eigenvalue weighted by atomic mass is 10.1. The normalized spacial score (nSPS) is 18.9. The van der Waals surface area contributed by atoms with E-state index in [0.717, 1.165) is 5.92 Å². The van der Waals surface area contributed by atoms with Crippen molar-refractivity contribution in [3.63, 3.8) is 0 Å². The van der Waals surface area contributed by atoms with Crippen LogP contribution in [-0.2, 0) is 0 Å². The fourth-order valence-electron chi connectivity index (χ4n) is 1.80. The van der Waals surface area contributed by atoms with E-state index in [4.69, 9.17) is 5.73 Å². The molecule has 74 valence electrons. The first kappa shape index (κ1) is 8.89. The van der Waals surface area contributed by atoms with Gasteiger partial charge < -0.3 is 5.73 Å². The maximum atomic E-state index is 6.17. The highest BCUT2D eigenvalue weighted by Crippen LogP contribution is 2.40. The van der Waals surface area contributed by atoms with E-state index in [2.05, 4.69) is 17.5 Å². The number of hydrogen-bond acceptors (Lipinski definition) is 3. The first-order valence-corrected chi connectivity index (χ1v) is 6.75. The Morgan fingerprint density at radius 2 is 2.29 bits per heavy atom. The zero-order chi connectivity index (χ0) is 9.54. The van der Waals surface area contributed by atoms with Crippen LogP contribution < -0.4 is 5.73 Å². The molecule has 0 aliphatic heterocycles. The van der Waals surface area contributed by atoms with Crippen molar-refractivity contribution in [1.82, 2.24) is 0 Å². The van der Waals surface area contributed by atoms with Crippen LogP contribution in [0.5, 0.6) is 0 Å². The van der Waals surface area contributed by atoms with Gasteiger partial charge >= 0.3 is 0 Å². The number of rotatable bonds is 3. The van der Waals surface area contributed by atoms with Gasteiger partial charge in [-0.1, -0.05) is 12.8 Å². The lowest BCUT2D eigenvalue weighted by Crippen LogP contribution is -2.08. The third-order valence-corrected chi connectivity index (χ3v) is 5.03. The second-order valence-electron chi connectivity index (χ2n) is 4.08. The topological polar surface area (TPSA) is 26.0 Å². The summed E-state index contributed by atoms with van der Waals surface area (Å²) in [6.07, 6.45) is 3.98. The number of nitrogens with two attached hydrogens (primary N) is 1. The molecule has 1 fully saturated rings. The predicted molar refractivity (Wildman–Crippen MR) is 64.0 cm³/mol. The quantitative estimate of drug-likeness (QED) is 0.842. The Labute approximate surface area is 91.6 Å². The average molecular weight is 223 g/mol. The Morgan fingerprint density at radius 1 is 1.43 bits per heavy atom. The summed E-state index contributed by atoms with van der Waals surface area (Å²) in [6.45, 7) is 0. The van der Waals surface area contributed by atoms with Gasteiger partial charge in [-0.25, -0.2) is 0 Å². The molecule has 1 nitrogen and oxygen atoms in total. The summed E-state index contributed by atoms with van der Waals surface area (Å²) in [4.78, 5) is 1.37. The summed E-state index contributed by atoms with van der Waals surface area (Å²) in [5.41, 5.74) is 6.17. The molecular formula is C11H13NS2. The second kappa shape index (κ2) is 3.33. The van der Waals surface area contributed by atoms with Crippen LogP contribution in [0.2, 0.25) is 0 Å². The molecule has 3 rings (SSSR count). The molecule has 2 aromatic heterocycles. The molecule has 0 radical (unpaired) electrons. The van der Waals surface area contributed by atoms with Crippen molar-refractivity contribution in [2.45, 2.75) is 25.3 Å². The van der Waals surface area contributed by atoms with Crippen molar-refractivity contribution >= 4 is 32.1 Å². The van der Waals surface area contributed by atoms with Gasteiger partial charge in [0.05, 0.1) is 0 Å². The van der Waals surface area contributed by atoms with Gasteiger partial charge in [-0.15, -0.1) is 22.7 Å². The van der Waals surface area contributed by atoms with Crippen LogP contribution in [0.25, 0.3) is 9.40 Å². The number of thiophene rings is 2. The zero-order valence-corrected chi connectivity index (χ0v) is 9.53. The lowest BCUT2D eigenvalue weighted by Gasteiger charge is -2.07. The Balaban J connectivity index is 1.85. The van der Waals surface area contributed by atoms with E-state index < -0.39 is 0 Å². The minimum atomic E-state index is 0.284. The van der Waals surface area contributed by atoms with Gasteiger partial charge in [0.1, 0.15) is 0 Å². The SMILES string of the molecule is NC(CC1CC1)c1cc2sccc2s1. The molecule has 0 bridgehead atoms. The molecule has 0 saturated heterocycles. The Kier molecular flexibility index (Phi) is 2.11. The highest BCUT2D eigenvalue weighted by atomic mass is 32.1. The number of fused-ring (bicyclic) bond motifs is 1. The second-order valence-corrected chi connectivity index (χ2v) is 6.15. The monoisotopic (exact) mass is 223 g/mol. The molecule has 2 aromatic rings. The van der Waals surface area contributed by atoms with E-state index in [9.17, 15) is 0 Å². The standard InChI is InChI=1S/C11H13NS2/c12-8(5-7-1-2-7)10-6-11-9(14-10)3-4-13-11/h3-4,6-8H,1-2,5,12H2. The van der Waals surface area contributed by atoms with Crippen molar-refractivity contribution in [2.75, 3.05) is 0 Å². The molecule has 3 heteroatoms. The summed E-state index contributed by atoms with van der Waals surface area (Å²) >= 11 is 3.68. The molecule has 1 aliphatic rings. The summed E-state index contributed by atoms with van der Waals surface area (Å²) in [5.74, 6) is 0.921. The predicted octanol–water partition coefficient (Wildman–Crippen LogP) is 3.76. The van der Waals surface area contributed by atoms with Gasteiger partial charge in [0, 0.05) is 20.3 Å². The van der Waals surface area contributed by atoms with Crippen LogP contribution in [0.3, 0.4) is 0 Å². The lowest BCUT2D eigenvalue weighted by molar-refractivity contribution is 0.605. The molecule has 1 aliphatic carbocycles. The molecule has 1 atom stereocenters. The average Bonchev–Trinajstić information content (AvgIpc) is 2.73. The van der Waals surface area contributed by atoms with Crippen LogP contribution >= 0.6 is 22.7 Å². The van der Waals surface area contributed by atoms with Crippen LogP contribution in [0.1, 0.15) is 30.2 Å². The van der Waals surface area contributed by atoms with Crippen molar-refractivity contribution < 1.29 is 0 Å². The highest BCUT2D eigenvalue weighted by molar-refractivity contribution is 7.26. The molecule has 1 unspecified atom stereocenters. The molecule has 0 aromatic carbocycles. The summed E-state index contributed by atoms with van der Waals surface area (Å²) < 4.78 is 2.80. The smallest absolute Gasteiger partial charge is 0.0454 e. The Hall–Kier alpha value is -0.380. The van der Waals surface area contributed by atoms with Crippen LogP contribution in [0.15, 0.2) is 17.5 Å². The summed E-state index contributed by atoms with van der Waals surface area (Å²) in [5, 5.41) is 2.15. The van der Waals surface area contributed by atoms with Crippen molar-refractivity contribution in [3.8, 4) is 0 Å². The van der Waals surface area contributed by atoms with Crippen molar-refractivity contribution in [1.29, 1.82) is 0 Å². The van der Waals surface area contributed by atoms with E-state index in [1.165, 1.54) is 33.5 Å². The summed E-state index contributed by atoms with van der Waals surface area (Å²) in [6, 6.07) is 4.75. The molecular weight excluding hydrogens is 210 g/mol.